The topological polar surface area (TPSA) is 94.8 Å². The Morgan fingerprint density at radius 1 is 0.857 bits per heavy atom. The number of rotatable bonds is 4. The van der Waals surface area contributed by atoms with Crippen LogP contribution >= 0.6 is 0 Å². The molecule has 8 heteroatoms. The highest BCUT2D eigenvalue weighted by atomic mass is 16.5. The zero-order chi connectivity index (χ0) is 19.3. The predicted molar refractivity (Wildman–Crippen MR) is 104 cm³/mol. The molecule has 8 nitrogen and oxygen atoms in total. The molecule has 0 fully saturated rings. The summed E-state index contributed by atoms with van der Waals surface area (Å²) in [7, 11) is 1.29. The molecule has 28 heavy (non-hydrogen) atoms. The summed E-state index contributed by atoms with van der Waals surface area (Å²) in [5, 5.41) is 6.83. The van der Waals surface area contributed by atoms with Crippen LogP contribution in [0.1, 0.15) is 0 Å². The molecule has 4 aromatic rings. The SMILES string of the molecule is COC(=O)Nc1ccnn1-c1nc(-c2ccccc2)nc(-c2ccccc2)n1. The minimum Gasteiger partial charge on any atom is -0.453 e. The van der Waals surface area contributed by atoms with E-state index in [1.165, 1.54) is 11.8 Å². The van der Waals surface area contributed by atoms with Crippen LogP contribution in [-0.4, -0.2) is 37.9 Å². The molecule has 0 saturated carbocycles. The quantitative estimate of drug-likeness (QED) is 0.588. The monoisotopic (exact) mass is 372 g/mol. The van der Waals surface area contributed by atoms with Crippen LogP contribution in [0, 0.1) is 0 Å². The van der Waals surface area contributed by atoms with Gasteiger partial charge in [0.05, 0.1) is 13.3 Å². The number of ether oxygens (including phenoxy) is 1. The van der Waals surface area contributed by atoms with Gasteiger partial charge in [-0.05, 0) is 0 Å². The largest absolute Gasteiger partial charge is 0.453 e. The Morgan fingerprint density at radius 2 is 1.43 bits per heavy atom. The van der Waals surface area contributed by atoms with Gasteiger partial charge in [0.25, 0.3) is 5.95 Å². The van der Waals surface area contributed by atoms with Gasteiger partial charge in [0.15, 0.2) is 11.6 Å². The number of methoxy groups -OCH3 is 1. The zero-order valence-corrected chi connectivity index (χ0v) is 15.0. The normalized spacial score (nSPS) is 10.5. The molecule has 0 bridgehead atoms. The summed E-state index contributed by atoms with van der Waals surface area (Å²) in [6.45, 7) is 0. The standard InChI is InChI=1S/C20H16N6O2/c1-28-20(27)22-16-12-13-21-26(16)19-24-17(14-8-4-2-5-9-14)23-18(25-19)15-10-6-3-7-11-15/h2-13H,1H3,(H,22,27). The van der Waals surface area contributed by atoms with Crippen molar-refractivity contribution in [3.63, 3.8) is 0 Å². The minimum atomic E-state index is -0.609. The summed E-state index contributed by atoms with van der Waals surface area (Å²) >= 11 is 0. The number of hydrogen-bond donors (Lipinski definition) is 1. The van der Waals surface area contributed by atoms with Gasteiger partial charge >= 0.3 is 6.09 Å². The molecule has 2 aromatic carbocycles. The van der Waals surface area contributed by atoms with Gasteiger partial charge in [0, 0.05) is 17.2 Å². The summed E-state index contributed by atoms with van der Waals surface area (Å²) in [5.74, 6) is 1.67. The number of carbonyl (C=O) groups is 1. The van der Waals surface area contributed by atoms with E-state index in [0.29, 0.717) is 17.5 Å². The lowest BCUT2D eigenvalue weighted by Crippen LogP contribution is -2.16. The average molecular weight is 372 g/mol. The van der Waals surface area contributed by atoms with E-state index in [1.54, 1.807) is 12.3 Å². The van der Waals surface area contributed by atoms with E-state index >= 15 is 0 Å². The van der Waals surface area contributed by atoms with Crippen molar-refractivity contribution < 1.29 is 9.53 Å². The lowest BCUT2D eigenvalue weighted by molar-refractivity contribution is 0.186. The Morgan fingerprint density at radius 3 is 1.96 bits per heavy atom. The fourth-order valence-corrected chi connectivity index (χ4v) is 2.61. The van der Waals surface area contributed by atoms with Crippen LogP contribution in [0.15, 0.2) is 72.9 Å². The summed E-state index contributed by atoms with van der Waals surface area (Å²) in [6.07, 6.45) is 0.932. The van der Waals surface area contributed by atoms with E-state index in [-0.39, 0.29) is 5.95 Å². The molecule has 4 rings (SSSR count). The van der Waals surface area contributed by atoms with Gasteiger partial charge in [-0.1, -0.05) is 60.7 Å². The number of benzene rings is 2. The highest BCUT2D eigenvalue weighted by Crippen LogP contribution is 2.22. The van der Waals surface area contributed by atoms with Gasteiger partial charge in [-0.25, -0.2) is 9.78 Å². The van der Waals surface area contributed by atoms with Crippen molar-refractivity contribution in [2.45, 2.75) is 0 Å². The summed E-state index contributed by atoms with van der Waals surface area (Å²) in [4.78, 5) is 25.3. The van der Waals surface area contributed by atoms with Crippen molar-refractivity contribution in [3.05, 3.63) is 72.9 Å². The Hall–Kier alpha value is -4.07. The smallest absolute Gasteiger partial charge is 0.412 e. The fraction of sp³-hybridized carbons (Fsp3) is 0.0500. The summed E-state index contributed by atoms with van der Waals surface area (Å²) < 4.78 is 6.08. The van der Waals surface area contributed by atoms with Crippen LogP contribution in [-0.2, 0) is 4.74 Å². The molecule has 2 heterocycles. The Bertz CT molecular complexity index is 1040. The predicted octanol–water partition coefficient (Wildman–Crippen LogP) is 3.57. The maximum Gasteiger partial charge on any atom is 0.412 e. The van der Waals surface area contributed by atoms with E-state index < -0.39 is 6.09 Å². The van der Waals surface area contributed by atoms with Gasteiger partial charge in [-0.3, -0.25) is 5.32 Å². The molecule has 0 saturated heterocycles. The summed E-state index contributed by atoms with van der Waals surface area (Å²) in [6, 6.07) is 20.8. The molecule has 1 N–H and O–H groups in total. The minimum absolute atomic E-state index is 0.282. The first-order chi connectivity index (χ1) is 13.7. The molecule has 0 atom stereocenters. The average Bonchev–Trinajstić information content (AvgIpc) is 3.22. The number of amides is 1. The van der Waals surface area contributed by atoms with Crippen LogP contribution in [0.5, 0.6) is 0 Å². The molecule has 0 aliphatic heterocycles. The molecule has 0 aliphatic rings. The third-order valence-electron chi connectivity index (χ3n) is 3.94. The Kier molecular flexibility index (Phi) is 4.75. The second-order valence-corrected chi connectivity index (χ2v) is 5.76. The van der Waals surface area contributed by atoms with Gasteiger partial charge in [0.2, 0.25) is 0 Å². The van der Waals surface area contributed by atoms with Crippen LogP contribution < -0.4 is 5.32 Å². The first-order valence-electron chi connectivity index (χ1n) is 8.51. The van der Waals surface area contributed by atoms with E-state index in [2.05, 4.69) is 30.1 Å². The molecule has 1 amide bonds. The number of hydrogen-bond acceptors (Lipinski definition) is 6. The maximum absolute atomic E-state index is 11.6. The van der Waals surface area contributed by atoms with Crippen LogP contribution in [0.3, 0.4) is 0 Å². The highest BCUT2D eigenvalue weighted by Gasteiger charge is 2.15. The number of nitrogens with one attached hydrogen (secondary N) is 1. The van der Waals surface area contributed by atoms with E-state index in [1.807, 2.05) is 60.7 Å². The second kappa shape index (κ2) is 7.67. The number of aromatic nitrogens is 5. The number of carbonyl (C=O) groups excluding carboxylic acids is 1. The summed E-state index contributed by atoms with van der Waals surface area (Å²) in [5.41, 5.74) is 1.69. The second-order valence-electron chi connectivity index (χ2n) is 5.76. The lowest BCUT2D eigenvalue weighted by atomic mass is 10.2. The van der Waals surface area contributed by atoms with Crippen LogP contribution in [0.4, 0.5) is 10.6 Å². The molecular weight excluding hydrogens is 356 g/mol. The van der Waals surface area contributed by atoms with Crippen molar-refractivity contribution in [3.8, 4) is 28.7 Å². The van der Waals surface area contributed by atoms with Gasteiger partial charge < -0.3 is 4.74 Å². The third kappa shape index (κ3) is 3.56. The molecule has 0 aliphatic carbocycles. The molecule has 2 aromatic heterocycles. The third-order valence-corrected chi connectivity index (χ3v) is 3.94. The van der Waals surface area contributed by atoms with E-state index in [0.717, 1.165) is 11.1 Å². The molecule has 138 valence electrons. The number of nitrogens with zero attached hydrogens (tertiary/aromatic N) is 5. The molecule has 0 unspecified atom stereocenters. The van der Waals surface area contributed by atoms with Crippen LogP contribution in [0.2, 0.25) is 0 Å². The lowest BCUT2D eigenvalue weighted by Gasteiger charge is -2.10. The van der Waals surface area contributed by atoms with Gasteiger partial charge in [-0.2, -0.15) is 19.7 Å². The van der Waals surface area contributed by atoms with Crippen molar-refractivity contribution in [1.29, 1.82) is 0 Å². The maximum atomic E-state index is 11.6. The molecule has 0 radical (unpaired) electrons. The first kappa shape index (κ1) is 17.3. The van der Waals surface area contributed by atoms with Crippen molar-refractivity contribution in [2.75, 3.05) is 12.4 Å². The molecular formula is C20H16N6O2. The van der Waals surface area contributed by atoms with Crippen LogP contribution in [0.25, 0.3) is 28.7 Å². The Balaban J connectivity index is 1.86. The zero-order valence-electron chi connectivity index (χ0n) is 15.0. The number of anilines is 1. The Labute approximate surface area is 160 Å². The van der Waals surface area contributed by atoms with Crippen molar-refractivity contribution in [2.24, 2.45) is 0 Å². The highest BCUT2D eigenvalue weighted by molar-refractivity contribution is 5.83. The van der Waals surface area contributed by atoms with Gasteiger partial charge in [0.1, 0.15) is 5.82 Å². The van der Waals surface area contributed by atoms with E-state index in [9.17, 15) is 4.79 Å². The van der Waals surface area contributed by atoms with Gasteiger partial charge in [-0.15, -0.1) is 0 Å². The molecule has 0 spiro atoms. The van der Waals surface area contributed by atoms with Crippen molar-refractivity contribution in [1.82, 2.24) is 24.7 Å². The van der Waals surface area contributed by atoms with E-state index in [4.69, 9.17) is 0 Å². The fourth-order valence-electron chi connectivity index (χ4n) is 2.61. The first-order valence-corrected chi connectivity index (χ1v) is 8.51. The van der Waals surface area contributed by atoms with Crippen molar-refractivity contribution >= 4 is 11.9 Å².